The van der Waals surface area contributed by atoms with Crippen molar-refractivity contribution in [1.29, 1.82) is 0 Å². The van der Waals surface area contributed by atoms with E-state index in [1.807, 2.05) is 50.2 Å². The van der Waals surface area contributed by atoms with E-state index in [9.17, 15) is 9.59 Å². The number of benzene rings is 2. The molecule has 2 aromatic heterocycles. The summed E-state index contributed by atoms with van der Waals surface area (Å²) in [5, 5.41) is 4.98. The summed E-state index contributed by atoms with van der Waals surface area (Å²) in [6.45, 7) is 3.66. The maximum Gasteiger partial charge on any atom is 0.341 e. The van der Waals surface area contributed by atoms with Crippen molar-refractivity contribution in [2.75, 3.05) is 5.32 Å². The normalized spacial score (nSPS) is 13.0. The Morgan fingerprint density at radius 1 is 1.06 bits per heavy atom. The molecule has 0 spiro atoms. The molecule has 1 amide bonds. The Kier molecular flexibility index (Phi) is 6.58. The van der Waals surface area contributed by atoms with Crippen LogP contribution in [0.3, 0.4) is 0 Å². The summed E-state index contributed by atoms with van der Waals surface area (Å²) >= 11 is 7.54. The fourth-order valence-electron chi connectivity index (χ4n) is 4.45. The quantitative estimate of drug-likeness (QED) is 0.289. The molecule has 0 unspecified atom stereocenters. The molecule has 2 aromatic carbocycles. The average Bonchev–Trinajstić information content (AvgIpc) is 3.21. The molecular formula is C28H25ClN2O3S. The predicted octanol–water partition coefficient (Wildman–Crippen LogP) is 7.31. The molecule has 5 rings (SSSR count). The van der Waals surface area contributed by atoms with E-state index in [0.29, 0.717) is 26.8 Å². The first kappa shape index (κ1) is 23.5. The highest BCUT2D eigenvalue weighted by molar-refractivity contribution is 7.17. The van der Waals surface area contributed by atoms with Gasteiger partial charge in [0.25, 0.3) is 5.91 Å². The fourth-order valence-corrected chi connectivity index (χ4v) is 5.84. The smallest absolute Gasteiger partial charge is 0.341 e. The van der Waals surface area contributed by atoms with Crippen molar-refractivity contribution in [2.45, 2.75) is 45.6 Å². The number of carbonyl (C=O) groups is 2. The number of hydrogen-bond acceptors (Lipinski definition) is 5. The van der Waals surface area contributed by atoms with Gasteiger partial charge in [0.2, 0.25) is 0 Å². The topological polar surface area (TPSA) is 68.3 Å². The fraction of sp³-hybridized carbons (Fsp3) is 0.250. The van der Waals surface area contributed by atoms with Crippen molar-refractivity contribution in [3.63, 3.8) is 0 Å². The maximum absolute atomic E-state index is 13.7. The van der Waals surface area contributed by atoms with Gasteiger partial charge < -0.3 is 10.1 Å². The van der Waals surface area contributed by atoms with Crippen molar-refractivity contribution >= 4 is 50.7 Å². The molecule has 0 aliphatic heterocycles. The molecule has 0 saturated heterocycles. The van der Waals surface area contributed by atoms with Crippen LogP contribution in [0.2, 0.25) is 5.02 Å². The van der Waals surface area contributed by atoms with E-state index < -0.39 is 0 Å². The molecule has 4 aromatic rings. The van der Waals surface area contributed by atoms with Crippen LogP contribution in [0.4, 0.5) is 5.00 Å². The highest BCUT2D eigenvalue weighted by Crippen LogP contribution is 2.39. The number of esters is 1. The zero-order chi connectivity index (χ0) is 24.5. The van der Waals surface area contributed by atoms with Gasteiger partial charge in [0, 0.05) is 20.8 Å². The van der Waals surface area contributed by atoms with E-state index >= 15 is 0 Å². The second kappa shape index (κ2) is 9.80. The molecule has 0 atom stereocenters. The van der Waals surface area contributed by atoms with Crippen LogP contribution in [0.25, 0.3) is 22.2 Å². The van der Waals surface area contributed by atoms with Crippen LogP contribution in [0.15, 0.2) is 54.6 Å². The monoisotopic (exact) mass is 504 g/mol. The summed E-state index contributed by atoms with van der Waals surface area (Å²) in [4.78, 5) is 32.6. The number of nitrogens with one attached hydrogen (secondary N) is 1. The summed E-state index contributed by atoms with van der Waals surface area (Å²) in [5.41, 5.74) is 4.27. The highest BCUT2D eigenvalue weighted by atomic mass is 35.5. The van der Waals surface area contributed by atoms with Crippen LogP contribution in [0.1, 0.15) is 57.8 Å². The van der Waals surface area contributed by atoms with E-state index in [-0.39, 0.29) is 18.0 Å². The van der Waals surface area contributed by atoms with Gasteiger partial charge in [0.15, 0.2) is 0 Å². The number of thiophene rings is 1. The number of para-hydroxylation sites is 1. The molecule has 0 saturated carbocycles. The molecule has 1 aliphatic rings. The number of amides is 1. The number of pyridine rings is 1. The Hall–Kier alpha value is -3.22. The number of ether oxygens (including phenoxy) is 1. The first-order valence-corrected chi connectivity index (χ1v) is 12.9. The van der Waals surface area contributed by atoms with Crippen molar-refractivity contribution in [3.8, 4) is 11.3 Å². The highest BCUT2D eigenvalue weighted by Gasteiger charge is 2.28. The number of rotatable bonds is 5. The lowest BCUT2D eigenvalue weighted by Gasteiger charge is -2.14. The third-order valence-corrected chi connectivity index (χ3v) is 7.51. The van der Waals surface area contributed by atoms with Crippen molar-refractivity contribution in [3.05, 3.63) is 81.2 Å². The van der Waals surface area contributed by atoms with E-state index in [2.05, 4.69) is 5.32 Å². The van der Waals surface area contributed by atoms with Crippen LogP contribution < -0.4 is 5.32 Å². The molecule has 178 valence electrons. The van der Waals surface area contributed by atoms with Crippen LogP contribution in [-0.4, -0.2) is 23.0 Å². The number of fused-ring (bicyclic) bond motifs is 2. The molecule has 7 heteroatoms. The van der Waals surface area contributed by atoms with Crippen molar-refractivity contribution < 1.29 is 14.3 Å². The average molecular weight is 505 g/mol. The van der Waals surface area contributed by atoms with Crippen molar-refractivity contribution in [1.82, 2.24) is 4.98 Å². The molecule has 2 heterocycles. The molecule has 0 radical (unpaired) electrons. The standard InChI is InChI=1S/C28H25ClN2O3S/c1-16(2)34-28(33)25-20-8-4-6-10-24(20)35-27(25)31-26(32)21-15-23(17-11-13-18(29)14-12-17)30-22-9-5-3-7-19(21)22/h3,5,7,9,11-16H,4,6,8,10H2,1-2H3,(H,31,32). The van der Waals surface area contributed by atoms with Crippen LogP contribution >= 0.6 is 22.9 Å². The number of halogens is 1. The Labute approximate surface area is 213 Å². The molecule has 1 N–H and O–H groups in total. The number of anilines is 1. The third kappa shape index (κ3) is 4.81. The van der Waals surface area contributed by atoms with E-state index in [4.69, 9.17) is 21.3 Å². The number of carbonyl (C=O) groups excluding carboxylic acids is 2. The second-order valence-corrected chi connectivity index (χ2v) is 10.4. The van der Waals surface area contributed by atoms with Gasteiger partial charge >= 0.3 is 5.97 Å². The van der Waals surface area contributed by atoms with Gasteiger partial charge in [-0.15, -0.1) is 11.3 Å². The molecule has 1 aliphatic carbocycles. The summed E-state index contributed by atoms with van der Waals surface area (Å²) in [6, 6.07) is 16.7. The first-order chi connectivity index (χ1) is 16.9. The van der Waals surface area contributed by atoms with Gasteiger partial charge in [-0.05, 0) is 69.4 Å². The van der Waals surface area contributed by atoms with Crippen molar-refractivity contribution in [2.24, 2.45) is 0 Å². The Bertz CT molecular complexity index is 1430. The minimum absolute atomic E-state index is 0.240. The summed E-state index contributed by atoms with van der Waals surface area (Å²) in [7, 11) is 0. The lowest BCUT2D eigenvalue weighted by molar-refractivity contribution is 0.0378. The summed E-state index contributed by atoms with van der Waals surface area (Å²) in [5.74, 6) is -0.660. The van der Waals surface area contributed by atoms with Gasteiger partial charge in [-0.25, -0.2) is 9.78 Å². The van der Waals surface area contributed by atoms with Gasteiger partial charge in [0.05, 0.1) is 28.4 Å². The molecule has 0 fully saturated rings. The maximum atomic E-state index is 13.7. The van der Waals surface area contributed by atoms with Crippen LogP contribution in [-0.2, 0) is 17.6 Å². The lowest BCUT2D eigenvalue weighted by Crippen LogP contribution is -2.18. The Balaban J connectivity index is 1.57. The number of hydrogen-bond donors (Lipinski definition) is 1. The van der Waals surface area contributed by atoms with E-state index in [0.717, 1.165) is 52.6 Å². The second-order valence-electron chi connectivity index (χ2n) is 8.90. The Morgan fingerprint density at radius 3 is 2.57 bits per heavy atom. The third-order valence-electron chi connectivity index (χ3n) is 6.05. The molecule has 35 heavy (non-hydrogen) atoms. The summed E-state index contributed by atoms with van der Waals surface area (Å²) < 4.78 is 5.54. The van der Waals surface area contributed by atoms with Gasteiger partial charge in [-0.1, -0.05) is 41.9 Å². The SMILES string of the molecule is CC(C)OC(=O)c1c(NC(=O)c2cc(-c3ccc(Cl)cc3)nc3ccccc23)sc2c1CCCC2. The molecule has 5 nitrogen and oxygen atoms in total. The van der Waals surface area contributed by atoms with E-state index in [1.165, 1.54) is 11.3 Å². The van der Waals surface area contributed by atoms with Gasteiger partial charge in [0.1, 0.15) is 5.00 Å². The largest absolute Gasteiger partial charge is 0.459 e. The van der Waals surface area contributed by atoms with Gasteiger partial charge in [-0.2, -0.15) is 0 Å². The predicted molar refractivity (Wildman–Crippen MR) is 142 cm³/mol. The van der Waals surface area contributed by atoms with Crippen LogP contribution in [0, 0.1) is 0 Å². The minimum Gasteiger partial charge on any atom is -0.459 e. The number of aromatic nitrogens is 1. The zero-order valence-electron chi connectivity index (χ0n) is 19.6. The molecular weight excluding hydrogens is 480 g/mol. The molecule has 0 bridgehead atoms. The lowest BCUT2D eigenvalue weighted by atomic mass is 9.95. The number of aryl methyl sites for hydroxylation is 1. The minimum atomic E-state index is -0.379. The summed E-state index contributed by atoms with van der Waals surface area (Å²) in [6.07, 6.45) is 3.61. The van der Waals surface area contributed by atoms with Gasteiger partial charge in [-0.3, -0.25) is 4.79 Å². The first-order valence-electron chi connectivity index (χ1n) is 11.7. The van der Waals surface area contributed by atoms with Crippen LogP contribution in [0.5, 0.6) is 0 Å². The zero-order valence-corrected chi connectivity index (χ0v) is 21.1. The van der Waals surface area contributed by atoms with E-state index in [1.54, 1.807) is 18.2 Å². The number of nitrogens with zero attached hydrogens (tertiary/aromatic N) is 1. The Morgan fingerprint density at radius 2 is 1.80 bits per heavy atom.